The molecule has 0 saturated heterocycles. The number of hydrogen-bond acceptors (Lipinski definition) is 6. The Bertz CT molecular complexity index is 886. The molecule has 0 aromatic carbocycles. The van der Waals surface area contributed by atoms with Crippen molar-refractivity contribution in [2.45, 2.75) is 40.0 Å². The minimum atomic E-state index is -0.101. The van der Waals surface area contributed by atoms with Crippen molar-refractivity contribution >= 4 is 17.4 Å². The van der Waals surface area contributed by atoms with Crippen molar-refractivity contribution in [3.63, 3.8) is 0 Å². The predicted molar refractivity (Wildman–Crippen MR) is 101 cm³/mol. The van der Waals surface area contributed by atoms with Crippen molar-refractivity contribution < 1.29 is 4.79 Å². The highest BCUT2D eigenvalue weighted by Gasteiger charge is 2.17. The first-order valence-electron chi connectivity index (χ1n) is 8.67. The zero-order chi connectivity index (χ0) is 18.5. The van der Waals surface area contributed by atoms with Gasteiger partial charge in [0.2, 0.25) is 0 Å². The molecule has 7 nitrogen and oxygen atoms in total. The van der Waals surface area contributed by atoms with Gasteiger partial charge in [0.15, 0.2) is 5.82 Å². The number of amides is 1. The minimum absolute atomic E-state index is 0.101. The second-order valence-corrected chi connectivity index (χ2v) is 6.81. The fourth-order valence-corrected chi connectivity index (χ4v) is 3.53. The lowest BCUT2D eigenvalue weighted by molar-refractivity contribution is 0.0957. The summed E-state index contributed by atoms with van der Waals surface area (Å²) in [6.45, 7) is 6.61. The van der Waals surface area contributed by atoms with Gasteiger partial charge in [0.05, 0.1) is 11.4 Å². The number of hydrogen-bond donors (Lipinski definition) is 1. The van der Waals surface area contributed by atoms with Crippen LogP contribution in [0.4, 0.5) is 0 Å². The monoisotopic (exact) mass is 370 g/mol. The number of aromatic nitrogens is 5. The van der Waals surface area contributed by atoms with E-state index in [0.29, 0.717) is 17.8 Å². The van der Waals surface area contributed by atoms with Gasteiger partial charge in [-0.15, -0.1) is 5.10 Å². The number of rotatable bonds is 7. The molecule has 0 saturated carbocycles. The van der Waals surface area contributed by atoms with Crippen LogP contribution >= 0.6 is 11.5 Å². The summed E-state index contributed by atoms with van der Waals surface area (Å²) in [5, 5.41) is 11.6. The van der Waals surface area contributed by atoms with E-state index >= 15 is 0 Å². The molecule has 1 amide bonds. The van der Waals surface area contributed by atoms with Gasteiger partial charge in [0, 0.05) is 18.4 Å². The maximum absolute atomic E-state index is 12.4. The Hall–Kier alpha value is -2.61. The lowest BCUT2D eigenvalue weighted by Crippen LogP contribution is -2.26. The molecule has 0 radical (unpaired) electrons. The number of pyridine rings is 1. The summed E-state index contributed by atoms with van der Waals surface area (Å²) in [6.07, 6.45) is 4.18. The van der Waals surface area contributed by atoms with Crippen LogP contribution < -0.4 is 5.32 Å². The lowest BCUT2D eigenvalue weighted by Gasteiger charge is -2.06. The number of nitrogens with one attached hydrogen (secondary N) is 1. The van der Waals surface area contributed by atoms with Crippen molar-refractivity contribution in [3.8, 4) is 5.82 Å². The van der Waals surface area contributed by atoms with Crippen LogP contribution in [0, 0.1) is 13.8 Å². The molecule has 3 heterocycles. The van der Waals surface area contributed by atoms with Gasteiger partial charge >= 0.3 is 0 Å². The summed E-state index contributed by atoms with van der Waals surface area (Å²) >= 11 is 1.15. The summed E-state index contributed by atoms with van der Waals surface area (Å²) in [5.74, 6) is 0.694. The van der Waals surface area contributed by atoms with Gasteiger partial charge in [-0.1, -0.05) is 23.9 Å². The van der Waals surface area contributed by atoms with Crippen LogP contribution in [0.15, 0.2) is 24.4 Å². The fraction of sp³-hybridized carbons (Fsp3) is 0.389. The summed E-state index contributed by atoms with van der Waals surface area (Å²) < 4.78 is 5.75. The Labute approximate surface area is 156 Å². The molecule has 0 aliphatic rings. The zero-order valence-corrected chi connectivity index (χ0v) is 16.0. The van der Waals surface area contributed by atoms with Crippen molar-refractivity contribution in [2.75, 3.05) is 6.54 Å². The molecule has 3 aromatic rings. The van der Waals surface area contributed by atoms with Gasteiger partial charge in [-0.3, -0.25) is 4.79 Å². The van der Waals surface area contributed by atoms with E-state index in [9.17, 15) is 4.79 Å². The highest BCUT2D eigenvalue weighted by atomic mass is 32.1. The van der Waals surface area contributed by atoms with Gasteiger partial charge in [0.1, 0.15) is 4.88 Å². The Balaban J connectivity index is 1.66. The first-order chi connectivity index (χ1) is 12.6. The number of carbonyl (C=O) groups excluding carboxylic acids is 1. The van der Waals surface area contributed by atoms with Crippen LogP contribution in [-0.2, 0) is 12.8 Å². The van der Waals surface area contributed by atoms with Crippen LogP contribution in [-0.4, -0.2) is 36.8 Å². The molecule has 8 heteroatoms. The third-order valence-electron chi connectivity index (χ3n) is 4.22. The highest BCUT2D eigenvalue weighted by molar-refractivity contribution is 7.08. The first kappa shape index (κ1) is 18.2. The standard InChI is InChI=1S/C18H22N6OS/c1-4-7-15-17(26-23-21-15)18(25)20-11-9-14-12(2)22-24(13(14)3)16-8-5-6-10-19-16/h5-6,8,10H,4,7,9,11H2,1-3H3,(H,20,25). The number of aryl methyl sites for hydroxylation is 2. The highest BCUT2D eigenvalue weighted by Crippen LogP contribution is 2.17. The number of carbonyl (C=O) groups is 1. The fourth-order valence-electron chi connectivity index (χ4n) is 2.90. The number of nitrogens with zero attached hydrogens (tertiary/aromatic N) is 5. The molecule has 0 unspecified atom stereocenters. The van der Waals surface area contributed by atoms with Gasteiger partial charge < -0.3 is 5.32 Å². The van der Waals surface area contributed by atoms with Gasteiger partial charge in [0.25, 0.3) is 5.91 Å². The van der Waals surface area contributed by atoms with E-state index in [2.05, 4.69) is 31.9 Å². The molecule has 0 aliphatic heterocycles. The van der Waals surface area contributed by atoms with E-state index in [1.54, 1.807) is 6.20 Å². The maximum atomic E-state index is 12.4. The van der Waals surface area contributed by atoms with Crippen LogP contribution in [0.5, 0.6) is 0 Å². The topological polar surface area (TPSA) is 85.6 Å². The average molecular weight is 370 g/mol. The molecule has 0 bridgehead atoms. The summed E-state index contributed by atoms with van der Waals surface area (Å²) in [5.41, 5.74) is 3.91. The predicted octanol–water partition coefficient (Wildman–Crippen LogP) is 2.66. The van der Waals surface area contributed by atoms with Gasteiger partial charge in [-0.2, -0.15) is 5.10 Å². The van der Waals surface area contributed by atoms with Crippen LogP contribution in [0.2, 0.25) is 0 Å². The minimum Gasteiger partial charge on any atom is -0.351 e. The van der Waals surface area contributed by atoms with Crippen LogP contribution in [0.25, 0.3) is 5.82 Å². The molecule has 3 rings (SSSR count). The second kappa shape index (κ2) is 8.18. The molecular weight excluding hydrogens is 348 g/mol. The molecule has 1 N–H and O–H groups in total. The molecule has 0 fully saturated rings. The normalized spacial score (nSPS) is 10.9. The van der Waals surface area contributed by atoms with E-state index < -0.39 is 0 Å². The molecule has 136 valence electrons. The SMILES string of the molecule is CCCc1nnsc1C(=O)NCCc1c(C)nn(-c2ccccn2)c1C. The van der Waals surface area contributed by atoms with E-state index in [1.165, 1.54) is 0 Å². The Kier molecular flexibility index (Phi) is 5.72. The smallest absolute Gasteiger partial charge is 0.264 e. The lowest BCUT2D eigenvalue weighted by atomic mass is 10.1. The largest absolute Gasteiger partial charge is 0.351 e. The van der Waals surface area contributed by atoms with E-state index in [0.717, 1.165) is 52.8 Å². The van der Waals surface area contributed by atoms with Crippen LogP contribution in [0.3, 0.4) is 0 Å². The zero-order valence-electron chi connectivity index (χ0n) is 15.2. The summed E-state index contributed by atoms with van der Waals surface area (Å²) in [6, 6.07) is 5.75. The molecular formula is C18H22N6OS. The maximum Gasteiger partial charge on any atom is 0.264 e. The van der Waals surface area contributed by atoms with E-state index in [1.807, 2.05) is 36.7 Å². The molecule has 3 aromatic heterocycles. The van der Waals surface area contributed by atoms with Crippen LogP contribution in [0.1, 0.15) is 45.7 Å². The van der Waals surface area contributed by atoms with Crippen molar-refractivity contribution in [3.05, 3.63) is 51.9 Å². The molecule has 0 aliphatic carbocycles. The first-order valence-corrected chi connectivity index (χ1v) is 9.45. The Morgan fingerprint density at radius 2 is 2.12 bits per heavy atom. The van der Waals surface area contributed by atoms with E-state index in [-0.39, 0.29) is 5.91 Å². The second-order valence-electron chi connectivity index (χ2n) is 6.05. The quantitative estimate of drug-likeness (QED) is 0.691. The average Bonchev–Trinajstić information content (AvgIpc) is 3.22. The van der Waals surface area contributed by atoms with E-state index in [4.69, 9.17) is 0 Å². The third-order valence-corrected chi connectivity index (χ3v) is 4.98. The molecule has 26 heavy (non-hydrogen) atoms. The van der Waals surface area contributed by atoms with Gasteiger partial charge in [-0.25, -0.2) is 9.67 Å². The van der Waals surface area contributed by atoms with Crippen molar-refractivity contribution in [1.29, 1.82) is 0 Å². The Morgan fingerprint density at radius 3 is 2.85 bits per heavy atom. The summed E-state index contributed by atoms with van der Waals surface area (Å²) in [4.78, 5) is 17.3. The van der Waals surface area contributed by atoms with Crippen molar-refractivity contribution in [2.24, 2.45) is 0 Å². The summed E-state index contributed by atoms with van der Waals surface area (Å²) in [7, 11) is 0. The Morgan fingerprint density at radius 1 is 1.27 bits per heavy atom. The molecule has 0 spiro atoms. The third kappa shape index (κ3) is 3.80. The molecule has 0 atom stereocenters. The van der Waals surface area contributed by atoms with Crippen molar-refractivity contribution in [1.82, 2.24) is 29.7 Å². The van der Waals surface area contributed by atoms with Gasteiger partial charge in [-0.05, 0) is 55.9 Å².